The van der Waals surface area contributed by atoms with Gasteiger partial charge in [-0.05, 0) is 25.5 Å². The number of ether oxygens (including phenoxy) is 2. The predicted octanol–water partition coefficient (Wildman–Crippen LogP) is 2.36. The van der Waals surface area contributed by atoms with E-state index in [1.165, 1.54) is 20.4 Å². The molecule has 0 unspecified atom stereocenters. The van der Waals surface area contributed by atoms with Crippen LogP contribution in [0.2, 0.25) is 0 Å². The summed E-state index contributed by atoms with van der Waals surface area (Å²) in [6.07, 6.45) is 1.45. The first-order chi connectivity index (χ1) is 10.0. The molecule has 1 heterocycles. The summed E-state index contributed by atoms with van der Waals surface area (Å²) in [7, 11) is 2.93. The van der Waals surface area contributed by atoms with Crippen molar-refractivity contribution < 1.29 is 14.3 Å². The largest absolute Gasteiger partial charge is 0.479 e. The number of carbonyl (C=O) groups is 1. The zero-order valence-corrected chi connectivity index (χ0v) is 12.4. The van der Waals surface area contributed by atoms with E-state index < -0.39 is 0 Å². The number of nitrogens with one attached hydrogen (secondary N) is 1. The monoisotopic (exact) mass is 287 g/mol. The first kappa shape index (κ1) is 14.8. The molecule has 0 radical (unpaired) electrons. The molecule has 0 spiro atoms. The molecule has 0 aliphatic rings. The van der Waals surface area contributed by atoms with E-state index in [1.807, 2.05) is 26.0 Å². The minimum Gasteiger partial charge on any atom is -0.479 e. The molecule has 1 N–H and O–H groups in total. The number of nitrogens with zero attached hydrogens (tertiary/aromatic N) is 2. The highest BCUT2D eigenvalue weighted by Crippen LogP contribution is 2.23. The number of aromatic nitrogens is 2. The van der Waals surface area contributed by atoms with Crippen molar-refractivity contribution in [2.45, 2.75) is 13.8 Å². The summed E-state index contributed by atoms with van der Waals surface area (Å²) in [5, 5.41) is 2.74. The summed E-state index contributed by atoms with van der Waals surface area (Å²) in [5.41, 5.74) is 3.00. The lowest BCUT2D eigenvalue weighted by Crippen LogP contribution is -2.15. The van der Waals surface area contributed by atoms with E-state index in [9.17, 15) is 4.79 Å². The minimum absolute atomic E-state index is 0.177. The smallest absolute Gasteiger partial charge is 0.319 e. The van der Waals surface area contributed by atoms with Crippen LogP contribution >= 0.6 is 0 Å². The molecule has 110 valence electrons. The fourth-order valence-corrected chi connectivity index (χ4v) is 1.95. The standard InChI is InChI=1S/C15H17N3O3/c1-9-5-6-11(10(2)7-9)13(19)17-12-8-16-15(21-4)18-14(12)20-3/h5-8H,1-4H3,(H,17,19). The fourth-order valence-electron chi connectivity index (χ4n) is 1.95. The summed E-state index contributed by atoms with van der Waals surface area (Å²) in [6, 6.07) is 5.81. The van der Waals surface area contributed by atoms with Crippen molar-refractivity contribution in [2.75, 3.05) is 19.5 Å². The van der Waals surface area contributed by atoms with Gasteiger partial charge in [-0.1, -0.05) is 17.7 Å². The maximum atomic E-state index is 12.3. The average molecular weight is 287 g/mol. The van der Waals surface area contributed by atoms with Crippen LogP contribution in [0.1, 0.15) is 21.5 Å². The van der Waals surface area contributed by atoms with Crippen LogP contribution in [0.15, 0.2) is 24.4 Å². The number of hydrogen-bond donors (Lipinski definition) is 1. The van der Waals surface area contributed by atoms with Gasteiger partial charge in [0.2, 0.25) is 5.88 Å². The third kappa shape index (κ3) is 3.28. The highest BCUT2D eigenvalue weighted by molar-refractivity contribution is 6.05. The maximum Gasteiger partial charge on any atom is 0.319 e. The topological polar surface area (TPSA) is 73.3 Å². The molecule has 6 heteroatoms. The second-order valence-corrected chi connectivity index (χ2v) is 4.55. The van der Waals surface area contributed by atoms with E-state index in [1.54, 1.807) is 6.07 Å². The zero-order valence-electron chi connectivity index (χ0n) is 12.4. The Morgan fingerprint density at radius 1 is 1.19 bits per heavy atom. The van der Waals surface area contributed by atoms with E-state index in [0.29, 0.717) is 11.3 Å². The molecule has 1 amide bonds. The molecule has 1 aromatic carbocycles. The van der Waals surface area contributed by atoms with Gasteiger partial charge in [-0.15, -0.1) is 0 Å². The number of carbonyl (C=O) groups excluding carboxylic acids is 1. The minimum atomic E-state index is -0.237. The number of hydrogen-bond acceptors (Lipinski definition) is 5. The second kappa shape index (κ2) is 6.21. The fraction of sp³-hybridized carbons (Fsp3) is 0.267. The highest BCUT2D eigenvalue weighted by atomic mass is 16.5. The molecule has 6 nitrogen and oxygen atoms in total. The van der Waals surface area contributed by atoms with Crippen molar-refractivity contribution in [3.63, 3.8) is 0 Å². The van der Waals surface area contributed by atoms with Gasteiger partial charge in [-0.25, -0.2) is 4.98 Å². The van der Waals surface area contributed by atoms with Gasteiger partial charge in [0, 0.05) is 5.56 Å². The van der Waals surface area contributed by atoms with Crippen molar-refractivity contribution in [1.82, 2.24) is 9.97 Å². The van der Waals surface area contributed by atoms with Gasteiger partial charge >= 0.3 is 6.01 Å². The molecule has 0 saturated carbocycles. The lowest BCUT2D eigenvalue weighted by atomic mass is 10.1. The molecular weight excluding hydrogens is 270 g/mol. The Balaban J connectivity index is 2.27. The maximum absolute atomic E-state index is 12.3. The number of benzene rings is 1. The molecule has 21 heavy (non-hydrogen) atoms. The normalized spacial score (nSPS) is 10.1. The Bertz CT molecular complexity index is 671. The van der Waals surface area contributed by atoms with Crippen molar-refractivity contribution in [3.05, 3.63) is 41.1 Å². The van der Waals surface area contributed by atoms with Gasteiger partial charge in [-0.2, -0.15) is 4.98 Å². The third-order valence-electron chi connectivity index (χ3n) is 2.98. The van der Waals surface area contributed by atoms with Crippen LogP contribution in [0.5, 0.6) is 11.9 Å². The van der Waals surface area contributed by atoms with Gasteiger partial charge in [0.1, 0.15) is 5.69 Å². The van der Waals surface area contributed by atoms with Crippen LogP contribution in [0.4, 0.5) is 5.69 Å². The summed E-state index contributed by atoms with van der Waals surface area (Å²) >= 11 is 0. The van der Waals surface area contributed by atoms with Gasteiger partial charge in [-0.3, -0.25) is 4.79 Å². The molecule has 0 aliphatic heterocycles. The summed E-state index contributed by atoms with van der Waals surface area (Å²) < 4.78 is 10.0. The van der Waals surface area contributed by atoms with Crippen molar-refractivity contribution in [2.24, 2.45) is 0 Å². The van der Waals surface area contributed by atoms with Gasteiger partial charge < -0.3 is 14.8 Å². The SMILES string of the molecule is COc1ncc(NC(=O)c2ccc(C)cc2C)c(OC)n1. The Morgan fingerprint density at radius 2 is 1.95 bits per heavy atom. The number of anilines is 1. The van der Waals surface area contributed by atoms with Crippen LogP contribution in [-0.4, -0.2) is 30.1 Å². The van der Waals surface area contributed by atoms with Crippen LogP contribution in [-0.2, 0) is 0 Å². The van der Waals surface area contributed by atoms with E-state index in [0.717, 1.165) is 11.1 Å². The van der Waals surface area contributed by atoms with Crippen LogP contribution in [0.25, 0.3) is 0 Å². The Kier molecular flexibility index (Phi) is 4.37. The zero-order chi connectivity index (χ0) is 15.4. The van der Waals surface area contributed by atoms with E-state index >= 15 is 0 Å². The molecule has 0 atom stereocenters. The van der Waals surface area contributed by atoms with Gasteiger partial charge in [0.15, 0.2) is 0 Å². The molecular formula is C15H17N3O3. The van der Waals surface area contributed by atoms with E-state index in [2.05, 4.69) is 15.3 Å². The predicted molar refractivity (Wildman–Crippen MR) is 79.0 cm³/mol. The first-order valence-electron chi connectivity index (χ1n) is 6.38. The molecule has 0 fully saturated rings. The average Bonchev–Trinajstić information content (AvgIpc) is 2.47. The van der Waals surface area contributed by atoms with Crippen molar-refractivity contribution in [3.8, 4) is 11.9 Å². The van der Waals surface area contributed by atoms with E-state index in [4.69, 9.17) is 9.47 Å². The molecule has 2 rings (SSSR count). The Labute approximate surface area is 123 Å². The number of amides is 1. The molecule has 2 aromatic rings. The molecule has 0 bridgehead atoms. The van der Waals surface area contributed by atoms with Crippen molar-refractivity contribution in [1.29, 1.82) is 0 Å². The third-order valence-corrected chi connectivity index (χ3v) is 2.98. The quantitative estimate of drug-likeness (QED) is 0.934. The van der Waals surface area contributed by atoms with Gasteiger partial charge in [0.05, 0.1) is 20.4 Å². The first-order valence-corrected chi connectivity index (χ1v) is 6.38. The summed E-state index contributed by atoms with van der Waals surface area (Å²) in [6.45, 7) is 3.87. The molecule has 1 aromatic heterocycles. The van der Waals surface area contributed by atoms with E-state index in [-0.39, 0.29) is 17.8 Å². The highest BCUT2D eigenvalue weighted by Gasteiger charge is 2.14. The summed E-state index contributed by atoms with van der Waals surface area (Å²) in [5.74, 6) is 0.0135. The second-order valence-electron chi connectivity index (χ2n) is 4.55. The Hall–Kier alpha value is -2.63. The number of aryl methyl sites for hydroxylation is 2. The number of rotatable bonds is 4. The lowest BCUT2D eigenvalue weighted by molar-refractivity contribution is 0.102. The Morgan fingerprint density at radius 3 is 2.57 bits per heavy atom. The van der Waals surface area contributed by atoms with Crippen LogP contribution in [0.3, 0.4) is 0 Å². The summed E-state index contributed by atoms with van der Waals surface area (Å²) in [4.78, 5) is 20.3. The molecule has 0 aliphatic carbocycles. The lowest BCUT2D eigenvalue weighted by Gasteiger charge is -2.11. The number of methoxy groups -OCH3 is 2. The van der Waals surface area contributed by atoms with Crippen LogP contribution < -0.4 is 14.8 Å². The molecule has 0 saturated heterocycles. The van der Waals surface area contributed by atoms with Gasteiger partial charge in [0.25, 0.3) is 5.91 Å². The van der Waals surface area contributed by atoms with Crippen LogP contribution in [0, 0.1) is 13.8 Å². The van der Waals surface area contributed by atoms with Crippen molar-refractivity contribution >= 4 is 11.6 Å².